The number of halogens is 2. The Morgan fingerprint density at radius 2 is 2.10 bits per heavy atom. The van der Waals surface area contributed by atoms with Gasteiger partial charge in [-0.15, -0.1) is 0 Å². The summed E-state index contributed by atoms with van der Waals surface area (Å²) in [5.74, 6) is 0. The van der Waals surface area contributed by atoms with Gasteiger partial charge in [-0.25, -0.2) is 8.42 Å². The van der Waals surface area contributed by atoms with E-state index in [9.17, 15) is 8.42 Å². The Kier molecular flexibility index (Phi) is 4.64. The van der Waals surface area contributed by atoms with Crippen LogP contribution in [0.4, 0.5) is 5.69 Å². The van der Waals surface area contributed by atoms with E-state index in [-0.39, 0.29) is 11.5 Å². The number of anilines is 1. The van der Waals surface area contributed by atoms with Gasteiger partial charge in [0.1, 0.15) is 0 Å². The molecule has 0 aliphatic rings. The molecule has 2 N–H and O–H groups in total. The number of aliphatic hydroxyl groups is 1. The van der Waals surface area contributed by atoms with Gasteiger partial charge in [-0.2, -0.15) is 0 Å². The number of hydrogen-bond acceptors (Lipinski definition) is 4. The molecule has 0 bridgehead atoms. The molecule has 0 saturated heterocycles. The number of aliphatic hydroxyl groups excluding tert-OH is 1. The monoisotopic (exact) mass is 376 g/mol. The normalized spacial score (nSPS) is 11.3. The number of hydrogen-bond donors (Lipinski definition) is 2. The number of nitrogens with one attached hydrogen (secondary N) is 1. The highest BCUT2D eigenvalue weighted by atomic mass is 79.9. The number of sulfonamides is 1. The zero-order valence-electron chi connectivity index (χ0n) is 10.0. The van der Waals surface area contributed by atoms with Crippen molar-refractivity contribution in [3.8, 4) is 0 Å². The number of nitrogens with zero attached hydrogens (tertiary/aromatic N) is 1. The van der Waals surface area contributed by atoms with Gasteiger partial charge >= 0.3 is 0 Å². The van der Waals surface area contributed by atoms with Crippen LogP contribution in [0.25, 0.3) is 0 Å². The van der Waals surface area contributed by atoms with E-state index < -0.39 is 10.0 Å². The zero-order chi connectivity index (χ0) is 14.8. The van der Waals surface area contributed by atoms with Crippen LogP contribution in [-0.2, 0) is 16.6 Å². The summed E-state index contributed by atoms with van der Waals surface area (Å²) in [6.45, 7) is -0.332. The second-order valence-corrected chi connectivity index (χ2v) is 6.82. The van der Waals surface area contributed by atoms with Crippen LogP contribution < -0.4 is 4.72 Å². The average Bonchev–Trinajstić information content (AvgIpc) is 2.41. The van der Waals surface area contributed by atoms with Gasteiger partial charge in [0, 0.05) is 17.4 Å². The van der Waals surface area contributed by atoms with Crippen LogP contribution in [0.15, 0.2) is 46.0 Å². The number of benzene rings is 1. The first-order chi connectivity index (χ1) is 9.44. The minimum absolute atomic E-state index is 0.0228. The summed E-state index contributed by atoms with van der Waals surface area (Å²) in [6, 6.07) is 5.67. The fourth-order valence-electron chi connectivity index (χ4n) is 1.50. The molecule has 1 aromatic heterocycles. The summed E-state index contributed by atoms with van der Waals surface area (Å²) in [5, 5.41) is 9.44. The predicted molar refractivity (Wildman–Crippen MR) is 80.1 cm³/mol. The smallest absolute Gasteiger partial charge is 0.261 e. The van der Waals surface area contributed by atoms with E-state index in [4.69, 9.17) is 16.7 Å². The molecule has 0 atom stereocenters. The van der Waals surface area contributed by atoms with Crippen molar-refractivity contribution in [2.75, 3.05) is 4.72 Å². The zero-order valence-corrected chi connectivity index (χ0v) is 13.2. The second-order valence-electron chi connectivity index (χ2n) is 3.87. The second kappa shape index (κ2) is 6.09. The van der Waals surface area contributed by atoms with E-state index in [1.807, 2.05) is 0 Å². The average molecular weight is 378 g/mol. The minimum Gasteiger partial charge on any atom is -0.392 e. The van der Waals surface area contributed by atoms with Crippen molar-refractivity contribution in [2.45, 2.75) is 11.5 Å². The molecule has 1 heterocycles. The van der Waals surface area contributed by atoms with E-state index in [1.54, 1.807) is 0 Å². The van der Waals surface area contributed by atoms with Crippen LogP contribution in [0.2, 0.25) is 5.02 Å². The highest BCUT2D eigenvalue weighted by Gasteiger charge is 2.17. The lowest BCUT2D eigenvalue weighted by Crippen LogP contribution is -2.13. The van der Waals surface area contributed by atoms with Gasteiger partial charge in [0.25, 0.3) is 10.0 Å². The molecule has 0 spiro atoms. The SMILES string of the molecule is O=S(=O)(Nc1ccncc1Br)c1ccc(Cl)c(CO)c1. The fourth-order valence-corrected chi connectivity index (χ4v) is 3.29. The number of rotatable bonds is 4. The maximum Gasteiger partial charge on any atom is 0.261 e. The molecular formula is C12H10BrClN2O3S. The molecule has 0 amide bonds. The summed E-state index contributed by atoms with van der Waals surface area (Å²) in [5.41, 5.74) is 0.726. The third-order valence-corrected chi connectivity index (χ3v) is 4.88. The topological polar surface area (TPSA) is 79.3 Å². The first-order valence-electron chi connectivity index (χ1n) is 5.45. The Balaban J connectivity index is 2.38. The van der Waals surface area contributed by atoms with Gasteiger partial charge < -0.3 is 5.11 Å². The van der Waals surface area contributed by atoms with Crippen molar-refractivity contribution in [2.24, 2.45) is 0 Å². The molecule has 0 unspecified atom stereocenters. The van der Waals surface area contributed by atoms with Crippen LogP contribution in [0, 0.1) is 0 Å². The van der Waals surface area contributed by atoms with Gasteiger partial charge in [-0.3, -0.25) is 9.71 Å². The third-order valence-electron chi connectivity index (χ3n) is 2.51. The molecule has 1 aromatic carbocycles. The van der Waals surface area contributed by atoms with E-state index in [0.29, 0.717) is 20.7 Å². The summed E-state index contributed by atoms with van der Waals surface area (Å²) in [4.78, 5) is 3.88. The first kappa shape index (κ1) is 15.2. The third kappa shape index (κ3) is 3.29. The lowest BCUT2D eigenvalue weighted by Gasteiger charge is -2.10. The first-order valence-corrected chi connectivity index (χ1v) is 8.11. The molecule has 0 radical (unpaired) electrons. The van der Waals surface area contributed by atoms with Gasteiger partial charge in [-0.05, 0) is 45.8 Å². The maximum atomic E-state index is 12.3. The molecule has 5 nitrogen and oxygen atoms in total. The van der Waals surface area contributed by atoms with Crippen LogP contribution >= 0.6 is 27.5 Å². The Bertz CT molecular complexity index is 737. The molecule has 0 aliphatic heterocycles. The van der Waals surface area contributed by atoms with Crippen LogP contribution in [0.1, 0.15) is 5.56 Å². The number of pyridine rings is 1. The van der Waals surface area contributed by atoms with Crippen LogP contribution in [-0.4, -0.2) is 18.5 Å². The van der Waals surface area contributed by atoms with Crippen LogP contribution in [0.3, 0.4) is 0 Å². The Labute approximate surface area is 129 Å². The van der Waals surface area contributed by atoms with E-state index in [1.165, 1.54) is 36.7 Å². The van der Waals surface area contributed by atoms with Gasteiger partial charge in [0.2, 0.25) is 0 Å². The van der Waals surface area contributed by atoms with Crippen molar-refractivity contribution in [3.63, 3.8) is 0 Å². The predicted octanol–water partition coefficient (Wildman–Crippen LogP) is 2.79. The molecule has 2 aromatic rings. The lowest BCUT2D eigenvalue weighted by atomic mass is 10.2. The molecule has 2 rings (SSSR count). The largest absolute Gasteiger partial charge is 0.392 e. The van der Waals surface area contributed by atoms with E-state index in [2.05, 4.69) is 25.6 Å². The fraction of sp³-hybridized carbons (Fsp3) is 0.0833. The van der Waals surface area contributed by atoms with Crippen molar-refractivity contribution in [1.82, 2.24) is 4.98 Å². The Hall–Kier alpha value is -1.15. The highest BCUT2D eigenvalue weighted by Crippen LogP contribution is 2.25. The summed E-state index contributed by atoms with van der Waals surface area (Å²) in [7, 11) is -3.76. The molecule has 0 aliphatic carbocycles. The van der Waals surface area contributed by atoms with Crippen LogP contribution in [0.5, 0.6) is 0 Å². The summed E-state index contributed by atoms with van der Waals surface area (Å²) >= 11 is 9.05. The van der Waals surface area contributed by atoms with E-state index >= 15 is 0 Å². The van der Waals surface area contributed by atoms with E-state index in [0.717, 1.165) is 0 Å². The van der Waals surface area contributed by atoms with Crippen molar-refractivity contribution in [1.29, 1.82) is 0 Å². The lowest BCUT2D eigenvalue weighted by molar-refractivity contribution is 0.281. The number of aromatic nitrogens is 1. The van der Waals surface area contributed by atoms with Crippen molar-refractivity contribution < 1.29 is 13.5 Å². The quantitative estimate of drug-likeness (QED) is 0.858. The maximum absolute atomic E-state index is 12.3. The molecule has 8 heteroatoms. The molecule has 0 fully saturated rings. The van der Waals surface area contributed by atoms with Gasteiger partial charge in [-0.1, -0.05) is 11.6 Å². The Morgan fingerprint density at radius 3 is 2.75 bits per heavy atom. The van der Waals surface area contributed by atoms with Crippen molar-refractivity contribution >= 4 is 43.2 Å². The Morgan fingerprint density at radius 1 is 1.35 bits per heavy atom. The van der Waals surface area contributed by atoms with Crippen molar-refractivity contribution in [3.05, 3.63) is 51.7 Å². The minimum atomic E-state index is -3.76. The molecule has 0 saturated carbocycles. The molecule has 106 valence electrons. The summed E-state index contributed by atoms with van der Waals surface area (Å²) < 4.78 is 27.5. The summed E-state index contributed by atoms with van der Waals surface area (Å²) in [6.07, 6.45) is 2.96. The standard InChI is InChI=1S/C12H10BrClN2O3S/c13-10-6-15-4-3-12(10)16-20(18,19)9-1-2-11(14)8(5-9)7-17/h1-6,17H,7H2,(H,15,16). The van der Waals surface area contributed by atoms with Gasteiger partial charge in [0.05, 0.1) is 21.7 Å². The van der Waals surface area contributed by atoms with Gasteiger partial charge in [0.15, 0.2) is 0 Å². The highest BCUT2D eigenvalue weighted by molar-refractivity contribution is 9.10. The molecular weight excluding hydrogens is 368 g/mol. The molecule has 20 heavy (non-hydrogen) atoms.